The van der Waals surface area contributed by atoms with E-state index in [1.807, 2.05) is 19.1 Å². The number of H-pyrrole nitrogens is 2. The molecule has 0 spiro atoms. The molecule has 150 valence electrons. The summed E-state index contributed by atoms with van der Waals surface area (Å²) in [6, 6.07) is 8.70. The molecule has 0 radical (unpaired) electrons. The number of rotatable bonds is 6. The van der Waals surface area contributed by atoms with Crippen molar-refractivity contribution in [1.29, 1.82) is 0 Å². The van der Waals surface area contributed by atoms with Crippen LogP contribution in [0.3, 0.4) is 0 Å². The van der Waals surface area contributed by atoms with Gasteiger partial charge in [0.15, 0.2) is 5.69 Å². The van der Waals surface area contributed by atoms with E-state index in [0.717, 1.165) is 11.1 Å². The minimum atomic E-state index is -0.311. The minimum Gasteiger partial charge on any atom is -0.394 e. The van der Waals surface area contributed by atoms with Crippen LogP contribution in [0, 0.1) is 13.5 Å². The highest BCUT2D eigenvalue weighted by Crippen LogP contribution is 2.29. The molecule has 0 saturated carbocycles. The number of hydrogen-bond donors (Lipinski definition) is 4. The highest BCUT2D eigenvalue weighted by atomic mass is 16.3. The third kappa shape index (κ3) is 3.79. The second-order valence-electron chi connectivity index (χ2n) is 7.04. The first-order valence-electron chi connectivity index (χ1n) is 9.45. The van der Waals surface area contributed by atoms with Crippen molar-refractivity contribution in [2.45, 2.75) is 19.4 Å². The van der Waals surface area contributed by atoms with Crippen molar-refractivity contribution < 1.29 is 5.11 Å². The lowest BCUT2D eigenvalue weighted by atomic mass is 10.1. The minimum absolute atomic E-state index is 0.116. The molecule has 0 bridgehead atoms. The number of pyridine rings is 2. The molecule has 0 aliphatic heterocycles. The van der Waals surface area contributed by atoms with Gasteiger partial charge in [-0.1, -0.05) is 12.1 Å². The van der Waals surface area contributed by atoms with Gasteiger partial charge in [-0.25, -0.2) is 9.83 Å². The Bertz CT molecular complexity index is 1290. The van der Waals surface area contributed by atoms with Crippen LogP contribution in [0.5, 0.6) is 0 Å². The molecule has 3 aromatic heterocycles. The number of fused-ring (bicyclic) bond motifs is 1. The fourth-order valence-corrected chi connectivity index (χ4v) is 3.47. The van der Waals surface area contributed by atoms with E-state index < -0.39 is 0 Å². The van der Waals surface area contributed by atoms with E-state index in [0.29, 0.717) is 40.2 Å². The molecular weight excluding hydrogens is 380 g/mol. The van der Waals surface area contributed by atoms with Crippen LogP contribution in [-0.2, 0) is 6.42 Å². The lowest BCUT2D eigenvalue weighted by Crippen LogP contribution is -2.28. The molecule has 4 rings (SSSR count). The number of aliphatic hydroxyl groups excluding tert-OH is 1. The summed E-state index contributed by atoms with van der Waals surface area (Å²) in [4.78, 5) is 30.7. The normalized spacial score (nSPS) is 11.9. The first-order valence-corrected chi connectivity index (χ1v) is 9.45. The summed E-state index contributed by atoms with van der Waals surface area (Å²) in [6.07, 6.45) is 5.55. The van der Waals surface area contributed by atoms with Gasteiger partial charge in [0, 0.05) is 18.6 Å². The van der Waals surface area contributed by atoms with Gasteiger partial charge in [0.05, 0.1) is 35.9 Å². The highest BCUT2D eigenvalue weighted by molar-refractivity contribution is 5.87. The zero-order chi connectivity index (χ0) is 21.1. The molecule has 4 aromatic rings. The molecule has 1 aromatic carbocycles. The van der Waals surface area contributed by atoms with Gasteiger partial charge in [-0.3, -0.25) is 9.78 Å². The summed E-state index contributed by atoms with van der Waals surface area (Å²) in [7, 11) is 0. The zero-order valence-corrected chi connectivity index (χ0v) is 16.3. The molecule has 30 heavy (non-hydrogen) atoms. The Labute approximate surface area is 172 Å². The number of aromatic amines is 2. The van der Waals surface area contributed by atoms with Crippen molar-refractivity contribution in [3.8, 4) is 11.4 Å². The van der Waals surface area contributed by atoms with Crippen LogP contribution < -0.4 is 10.9 Å². The van der Waals surface area contributed by atoms with Gasteiger partial charge in [0.1, 0.15) is 11.4 Å². The molecule has 0 fully saturated rings. The molecule has 0 aliphatic carbocycles. The highest BCUT2D eigenvalue weighted by Gasteiger charge is 2.18. The number of imidazole rings is 1. The Hall–Kier alpha value is -3.96. The predicted octanol–water partition coefficient (Wildman–Crippen LogP) is 3.19. The van der Waals surface area contributed by atoms with Crippen LogP contribution in [0.2, 0.25) is 0 Å². The number of nitrogens with one attached hydrogen (secondary N) is 3. The number of aromatic nitrogens is 4. The van der Waals surface area contributed by atoms with Gasteiger partial charge in [-0.05, 0) is 42.7 Å². The molecule has 8 heteroatoms. The summed E-state index contributed by atoms with van der Waals surface area (Å²) in [6.45, 7) is 9.01. The van der Waals surface area contributed by atoms with E-state index in [4.69, 9.17) is 6.57 Å². The quantitative estimate of drug-likeness (QED) is 0.372. The molecule has 1 unspecified atom stereocenters. The van der Waals surface area contributed by atoms with Gasteiger partial charge in [0.25, 0.3) is 5.56 Å². The van der Waals surface area contributed by atoms with Gasteiger partial charge in [0.2, 0.25) is 0 Å². The number of nitrogens with zero attached hydrogens (tertiary/aromatic N) is 3. The van der Waals surface area contributed by atoms with E-state index in [9.17, 15) is 9.90 Å². The summed E-state index contributed by atoms with van der Waals surface area (Å²) in [5.74, 6) is 0.401. The zero-order valence-electron chi connectivity index (χ0n) is 16.3. The average Bonchev–Trinajstić information content (AvgIpc) is 3.18. The number of hydrogen-bond acceptors (Lipinski definition) is 5. The standard InChI is InChI=1S/C22H20N6O2/c1-13-8-15(23-2)10-18-20(13)28-21(27-18)19-17(5-7-25-22(19)30)26-16(12-29)9-14-4-3-6-24-11-14/h3-8,10-11,16,29H,9,12H2,1H3,(H,27,28)(H2,25,26,30). The number of aryl methyl sites for hydroxylation is 1. The lowest BCUT2D eigenvalue weighted by molar-refractivity contribution is 0.273. The fourth-order valence-electron chi connectivity index (χ4n) is 3.47. The van der Waals surface area contributed by atoms with Gasteiger partial charge < -0.3 is 20.4 Å². The first-order chi connectivity index (χ1) is 14.6. The Morgan fingerprint density at radius 3 is 2.93 bits per heavy atom. The smallest absolute Gasteiger partial charge is 0.261 e. The van der Waals surface area contributed by atoms with Crippen molar-refractivity contribution in [3.05, 3.63) is 81.8 Å². The monoisotopic (exact) mass is 400 g/mol. The second kappa shape index (κ2) is 8.19. The SMILES string of the molecule is [C-]#[N+]c1cc(C)c2nc(-c3c(NC(CO)Cc4cccnc4)cc[nH]c3=O)[nH]c2c1. The third-order valence-electron chi connectivity index (χ3n) is 4.87. The molecule has 1 atom stereocenters. The van der Waals surface area contributed by atoms with E-state index in [1.165, 1.54) is 0 Å². The summed E-state index contributed by atoms with van der Waals surface area (Å²) in [5, 5.41) is 13.1. The van der Waals surface area contributed by atoms with Crippen molar-refractivity contribution in [3.63, 3.8) is 0 Å². The molecule has 0 aliphatic rings. The van der Waals surface area contributed by atoms with Crippen molar-refractivity contribution in [2.24, 2.45) is 0 Å². The van der Waals surface area contributed by atoms with Gasteiger partial charge in [-0.2, -0.15) is 0 Å². The van der Waals surface area contributed by atoms with E-state index in [1.54, 1.807) is 36.8 Å². The van der Waals surface area contributed by atoms with Crippen LogP contribution in [0.1, 0.15) is 11.1 Å². The van der Waals surface area contributed by atoms with Crippen LogP contribution in [-0.4, -0.2) is 37.7 Å². The molecule has 0 amide bonds. The molecule has 8 nitrogen and oxygen atoms in total. The van der Waals surface area contributed by atoms with Crippen LogP contribution in [0.4, 0.5) is 11.4 Å². The molecule has 0 saturated heterocycles. The maximum atomic E-state index is 12.7. The van der Waals surface area contributed by atoms with Crippen molar-refractivity contribution >= 4 is 22.4 Å². The third-order valence-corrected chi connectivity index (χ3v) is 4.87. The fraction of sp³-hybridized carbons (Fsp3) is 0.182. The maximum absolute atomic E-state index is 12.7. The van der Waals surface area contributed by atoms with Crippen LogP contribution in [0.25, 0.3) is 27.3 Å². The van der Waals surface area contributed by atoms with Crippen LogP contribution >= 0.6 is 0 Å². The first kappa shape index (κ1) is 19.4. The topological polar surface area (TPSA) is 111 Å². The lowest BCUT2D eigenvalue weighted by Gasteiger charge is -2.19. The Morgan fingerprint density at radius 2 is 2.20 bits per heavy atom. The average molecular weight is 400 g/mol. The Kier molecular flexibility index (Phi) is 5.28. The van der Waals surface area contributed by atoms with Crippen molar-refractivity contribution in [2.75, 3.05) is 11.9 Å². The Balaban J connectivity index is 1.73. The van der Waals surface area contributed by atoms with Gasteiger partial charge >= 0.3 is 0 Å². The number of benzene rings is 1. The number of anilines is 1. The second-order valence-corrected chi connectivity index (χ2v) is 7.04. The number of aliphatic hydroxyl groups is 1. The largest absolute Gasteiger partial charge is 0.394 e. The maximum Gasteiger partial charge on any atom is 0.261 e. The molecule has 3 heterocycles. The molecular formula is C22H20N6O2. The van der Waals surface area contributed by atoms with E-state index in [-0.39, 0.29) is 18.2 Å². The van der Waals surface area contributed by atoms with Crippen LogP contribution in [0.15, 0.2) is 53.7 Å². The summed E-state index contributed by atoms with van der Waals surface area (Å²) in [5.41, 5.74) is 4.34. The van der Waals surface area contributed by atoms with Crippen molar-refractivity contribution in [1.82, 2.24) is 19.9 Å². The van der Waals surface area contributed by atoms with E-state index in [2.05, 4.69) is 30.1 Å². The molecule has 4 N–H and O–H groups in total. The summed E-state index contributed by atoms with van der Waals surface area (Å²) < 4.78 is 0. The summed E-state index contributed by atoms with van der Waals surface area (Å²) >= 11 is 0. The Morgan fingerprint density at radius 1 is 1.33 bits per heavy atom. The predicted molar refractivity (Wildman–Crippen MR) is 116 cm³/mol. The van der Waals surface area contributed by atoms with Gasteiger partial charge in [-0.15, -0.1) is 0 Å². The van der Waals surface area contributed by atoms with E-state index >= 15 is 0 Å².